The summed E-state index contributed by atoms with van der Waals surface area (Å²) in [5.74, 6) is 0.638. The van der Waals surface area contributed by atoms with E-state index in [1.54, 1.807) is 6.07 Å². The maximum absolute atomic E-state index is 11.9. The molecule has 2 rings (SSSR count). The summed E-state index contributed by atoms with van der Waals surface area (Å²) in [5.41, 5.74) is 0. The fraction of sp³-hybridized carbons (Fsp3) is 0.500. The Morgan fingerprint density at radius 2 is 2.50 bits per heavy atom. The molecule has 0 aromatic carbocycles. The van der Waals surface area contributed by atoms with Gasteiger partial charge in [0.25, 0.3) is 0 Å². The number of rotatable bonds is 2. The summed E-state index contributed by atoms with van der Waals surface area (Å²) in [6, 6.07) is 1.75. The minimum atomic E-state index is 0.0752. The number of hydrogen-bond donors (Lipinski definition) is 1. The van der Waals surface area contributed by atoms with Crippen molar-refractivity contribution in [3.05, 3.63) is 22.6 Å². The van der Waals surface area contributed by atoms with E-state index in [1.165, 1.54) is 6.26 Å². The smallest absolute Gasteiger partial charge is 0.203 e. The van der Waals surface area contributed by atoms with Crippen LogP contribution in [0.4, 0.5) is 0 Å². The van der Waals surface area contributed by atoms with Gasteiger partial charge in [-0.3, -0.25) is 4.79 Å². The monoisotopic (exact) mass is 257 g/mol. The summed E-state index contributed by atoms with van der Waals surface area (Å²) in [4.78, 5) is 11.9. The van der Waals surface area contributed by atoms with E-state index in [1.807, 2.05) is 0 Å². The van der Waals surface area contributed by atoms with E-state index in [0.29, 0.717) is 5.76 Å². The highest BCUT2D eigenvalue weighted by Crippen LogP contribution is 2.23. The van der Waals surface area contributed by atoms with Gasteiger partial charge in [-0.15, -0.1) is 0 Å². The van der Waals surface area contributed by atoms with Gasteiger partial charge in [-0.2, -0.15) is 0 Å². The number of Topliss-reactive ketones (excluding diaryl/α,β-unsaturated/α-hetero) is 1. The molecule has 1 saturated heterocycles. The van der Waals surface area contributed by atoms with Crippen molar-refractivity contribution < 1.29 is 9.21 Å². The van der Waals surface area contributed by atoms with Gasteiger partial charge in [-0.05, 0) is 41.4 Å². The van der Waals surface area contributed by atoms with Crippen LogP contribution >= 0.6 is 15.9 Å². The van der Waals surface area contributed by atoms with E-state index in [9.17, 15) is 4.79 Å². The fourth-order valence-corrected chi connectivity index (χ4v) is 2.13. The van der Waals surface area contributed by atoms with Crippen molar-refractivity contribution in [3.63, 3.8) is 0 Å². The SMILES string of the molecule is O=C(c1occc1Br)C1CCCNC1. The van der Waals surface area contributed by atoms with Crippen molar-refractivity contribution in [2.75, 3.05) is 13.1 Å². The lowest BCUT2D eigenvalue weighted by Gasteiger charge is -2.20. The fourth-order valence-electron chi connectivity index (χ4n) is 1.73. The van der Waals surface area contributed by atoms with Crippen molar-refractivity contribution in [2.24, 2.45) is 5.92 Å². The first-order valence-corrected chi connectivity index (χ1v) is 5.56. The van der Waals surface area contributed by atoms with Gasteiger partial charge in [0.05, 0.1) is 10.7 Å². The normalized spacial score (nSPS) is 22.2. The van der Waals surface area contributed by atoms with E-state index in [2.05, 4.69) is 21.2 Å². The van der Waals surface area contributed by atoms with Gasteiger partial charge < -0.3 is 9.73 Å². The maximum atomic E-state index is 11.9. The molecule has 1 N–H and O–H groups in total. The molecule has 1 aliphatic rings. The number of furan rings is 1. The van der Waals surface area contributed by atoms with Crippen LogP contribution in [0.15, 0.2) is 21.2 Å². The second-order valence-corrected chi connectivity index (χ2v) is 4.36. The summed E-state index contributed by atoms with van der Waals surface area (Å²) >= 11 is 3.30. The molecule has 0 amide bonds. The highest BCUT2D eigenvalue weighted by atomic mass is 79.9. The molecule has 14 heavy (non-hydrogen) atoms. The van der Waals surface area contributed by atoms with Crippen LogP contribution in [0.3, 0.4) is 0 Å². The first kappa shape index (κ1) is 9.93. The minimum absolute atomic E-state index is 0.0752. The molecular formula is C10H12BrNO2. The Balaban J connectivity index is 2.11. The van der Waals surface area contributed by atoms with Crippen LogP contribution < -0.4 is 5.32 Å². The summed E-state index contributed by atoms with van der Waals surface area (Å²) in [5, 5.41) is 3.22. The van der Waals surface area contributed by atoms with Crippen molar-refractivity contribution in [1.29, 1.82) is 0 Å². The average Bonchev–Trinajstić information content (AvgIpc) is 2.65. The maximum Gasteiger partial charge on any atom is 0.203 e. The number of hydrogen-bond acceptors (Lipinski definition) is 3. The lowest BCUT2D eigenvalue weighted by Crippen LogP contribution is -2.34. The van der Waals surface area contributed by atoms with Gasteiger partial charge in [-0.25, -0.2) is 0 Å². The van der Waals surface area contributed by atoms with Crippen LogP contribution in [0, 0.1) is 5.92 Å². The Hall–Kier alpha value is -0.610. The summed E-state index contributed by atoms with van der Waals surface area (Å²) in [6.45, 7) is 1.79. The van der Waals surface area contributed by atoms with Crippen LogP contribution in [0.25, 0.3) is 0 Å². The molecule has 0 aliphatic carbocycles. The molecule has 3 nitrogen and oxygen atoms in total. The molecular weight excluding hydrogens is 246 g/mol. The second-order valence-electron chi connectivity index (χ2n) is 3.51. The Kier molecular flexibility index (Phi) is 3.03. The van der Waals surface area contributed by atoms with Crippen LogP contribution in [0.2, 0.25) is 0 Å². The molecule has 4 heteroatoms. The molecule has 0 saturated carbocycles. The van der Waals surface area contributed by atoms with Crippen LogP contribution in [0.5, 0.6) is 0 Å². The number of carbonyl (C=O) groups excluding carboxylic acids is 1. The number of piperidine rings is 1. The lowest BCUT2D eigenvalue weighted by molar-refractivity contribution is 0.0870. The molecule has 1 aromatic heterocycles. The lowest BCUT2D eigenvalue weighted by atomic mass is 9.94. The van der Waals surface area contributed by atoms with Crippen molar-refractivity contribution in [2.45, 2.75) is 12.8 Å². The first-order valence-electron chi connectivity index (χ1n) is 4.77. The van der Waals surface area contributed by atoms with Crippen molar-refractivity contribution >= 4 is 21.7 Å². The summed E-state index contributed by atoms with van der Waals surface area (Å²) < 4.78 is 5.91. The number of nitrogens with one attached hydrogen (secondary N) is 1. The Bertz CT molecular complexity index is 329. The molecule has 0 spiro atoms. The zero-order valence-corrected chi connectivity index (χ0v) is 9.34. The predicted octanol–water partition coefficient (Wildman–Crippen LogP) is 2.22. The summed E-state index contributed by atoms with van der Waals surface area (Å²) in [7, 11) is 0. The topological polar surface area (TPSA) is 42.2 Å². The van der Waals surface area contributed by atoms with Gasteiger partial charge >= 0.3 is 0 Å². The van der Waals surface area contributed by atoms with E-state index >= 15 is 0 Å². The highest BCUT2D eigenvalue weighted by Gasteiger charge is 2.25. The largest absolute Gasteiger partial charge is 0.460 e. The number of ketones is 1. The third-order valence-corrected chi connectivity index (χ3v) is 3.13. The van der Waals surface area contributed by atoms with Crippen LogP contribution in [-0.2, 0) is 0 Å². The second kappa shape index (κ2) is 4.28. The van der Waals surface area contributed by atoms with Gasteiger partial charge in [-0.1, -0.05) is 0 Å². The van der Waals surface area contributed by atoms with E-state index in [-0.39, 0.29) is 11.7 Å². The third-order valence-electron chi connectivity index (χ3n) is 2.51. The average molecular weight is 258 g/mol. The number of carbonyl (C=O) groups is 1. The molecule has 1 atom stereocenters. The molecule has 2 heterocycles. The van der Waals surface area contributed by atoms with Crippen LogP contribution in [0.1, 0.15) is 23.4 Å². The first-order chi connectivity index (χ1) is 6.79. The standard InChI is InChI=1S/C10H12BrNO2/c11-8-3-5-14-10(8)9(13)7-2-1-4-12-6-7/h3,5,7,12H,1-2,4,6H2. The molecule has 76 valence electrons. The third kappa shape index (κ3) is 1.91. The van der Waals surface area contributed by atoms with Gasteiger partial charge in [0, 0.05) is 12.5 Å². The Labute approximate surface area is 91.0 Å². The molecule has 1 aromatic rings. The highest BCUT2D eigenvalue weighted by molar-refractivity contribution is 9.10. The molecule has 1 aliphatic heterocycles. The summed E-state index contributed by atoms with van der Waals surface area (Å²) in [6.07, 6.45) is 3.56. The zero-order valence-electron chi connectivity index (χ0n) is 7.75. The van der Waals surface area contributed by atoms with E-state index in [0.717, 1.165) is 30.4 Å². The van der Waals surface area contributed by atoms with E-state index < -0.39 is 0 Å². The molecule has 1 fully saturated rings. The predicted molar refractivity (Wildman–Crippen MR) is 56.3 cm³/mol. The van der Waals surface area contributed by atoms with Gasteiger partial charge in [0.2, 0.25) is 5.78 Å². The Morgan fingerprint density at radius 1 is 1.64 bits per heavy atom. The quantitative estimate of drug-likeness (QED) is 0.827. The number of halogens is 1. The van der Waals surface area contributed by atoms with E-state index in [4.69, 9.17) is 4.42 Å². The van der Waals surface area contributed by atoms with Gasteiger partial charge in [0.15, 0.2) is 5.76 Å². The van der Waals surface area contributed by atoms with Crippen molar-refractivity contribution in [1.82, 2.24) is 5.32 Å². The molecule has 0 radical (unpaired) electrons. The van der Waals surface area contributed by atoms with Gasteiger partial charge in [0.1, 0.15) is 0 Å². The molecule has 0 bridgehead atoms. The van der Waals surface area contributed by atoms with Crippen molar-refractivity contribution in [3.8, 4) is 0 Å². The molecule has 1 unspecified atom stereocenters. The zero-order chi connectivity index (χ0) is 9.97. The minimum Gasteiger partial charge on any atom is -0.460 e. The van der Waals surface area contributed by atoms with Crippen LogP contribution in [-0.4, -0.2) is 18.9 Å². The Morgan fingerprint density at radius 3 is 3.07 bits per heavy atom.